The molecule has 0 aliphatic carbocycles. The van der Waals surface area contributed by atoms with Crippen LogP contribution in [-0.2, 0) is 0 Å². The summed E-state index contributed by atoms with van der Waals surface area (Å²) in [4.78, 5) is 7.22. The molecule has 0 aromatic heterocycles. The number of nitrogens with zero attached hydrogens (tertiary/aromatic N) is 2. The molecule has 0 aliphatic heterocycles. The molecule has 0 amide bonds. The van der Waals surface area contributed by atoms with Crippen LogP contribution in [0.5, 0.6) is 0 Å². The summed E-state index contributed by atoms with van der Waals surface area (Å²) in [6.45, 7) is 6.68. The van der Waals surface area contributed by atoms with Crippen LogP contribution in [0.4, 0.5) is 0 Å². The predicted molar refractivity (Wildman–Crippen MR) is 36.2 cm³/mol. The van der Waals surface area contributed by atoms with Gasteiger partial charge in [-0.1, -0.05) is 6.58 Å². The molecule has 0 unspecified atom stereocenters. The standard InChI is InChI=1S/C5H9N3/c1-4-8-5(6-2)7-3/h4H,1-2H2,3H3,(H,7,8). The minimum Gasteiger partial charge on any atom is -0.332 e. The van der Waals surface area contributed by atoms with Crippen LogP contribution in [0.3, 0.4) is 0 Å². The first-order valence-corrected chi connectivity index (χ1v) is 2.16. The highest BCUT2D eigenvalue weighted by atomic mass is 15.1. The van der Waals surface area contributed by atoms with E-state index in [1.54, 1.807) is 7.05 Å². The molecule has 0 aromatic rings. The molecular formula is C5H9N3. The van der Waals surface area contributed by atoms with Gasteiger partial charge in [-0.25, -0.2) is 4.99 Å². The van der Waals surface area contributed by atoms with Crippen molar-refractivity contribution in [2.24, 2.45) is 9.98 Å². The SMILES string of the molecule is C=CNC(N=C)=NC. The van der Waals surface area contributed by atoms with Crippen LogP contribution in [-0.4, -0.2) is 19.7 Å². The lowest BCUT2D eigenvalue weighted by atomic mass is 10.9. The average molecular weight is 111 g/mol. The molecule has 3 nitrogen and oxygen atoms in total. The summed E-state index contributed by atoms with van der Waals surface area (Å²) in [5, 5.41) is 2.67. The average Bonchev–Trinajstić information content (AvgIpc) is 1.83. The Hall–Kier alpha value is -1.12. The van der Waals surface area contributed by atoms with Gasteiger partial charge in [0, 0.05) is 7.05 Å². The van der Waals surface area contributed by atoms with Crippen LogP contribution >= 0.6 is 0 Å². The van der Waals surface area contributed by atoms with Gasteiger partial charge in [0.1, 0.15) is 0 Å². The Bertz CT molecular complexity index is 115. The van der Waals surface area contributed by atoms with Crippen LogP contribution in [0.15, 0.2) is 22.8 Å². The van der Waals surface area contributed by atoms with E-state index in [1.165, 1.54) is 6.20 Å². The maximum absolute atomic E-state index is 3.70. The lowest BCUT2D eigenvalue weighted by molar-refractivity contribution is 1.20. The summed E-state index contributed by atoms with van der Waals surface area (Å²) in [5.41, 5.74) is 0. The molecule has 0 saturated heterocycles. The van der Waals surface area contributed by atoms with Crippen molar-refractivity contribution >= 4 is 12.7 Å². The molecule has 0 radical (unpaired) electrons. The van der Waals surface area contributed by atoms with Gasteiger partial charge in [-0.2, -0.15) is 0 Å². The van der Waals surface area contributed by atoms with Gasteiger partial charge in [0.05, 0.1) is 0 Å². The van der Waals surface area contributed by atoms with E-state index in [2.05, 4.69) is 28.6 Å². The highest BCUT2D eigenvalue weighted by molar-refractivity contribution is 5.84. The fourth-order valence-electron chi connectivity index (χ4n) is 0.272. The molecule has 0 rings (SSSR count). The Morgan fingerprint density at radius 2 is 2.38 bits per heavy atom. The topological polar surface area (TPSA) is 36.8 Å². The van der Waals surface area contributed by atoms with E-state index in [0.29, 0.717) is 5.96 Å². The number of guanidine groups is 1. The third kappa shape index (κ3) is 2.12. The first-order valence-electron chi connectivity index (χ1n) is 2.16. The zero-order valence-corrected chi connectivity index (χ0v) is 4.89. The summed E-state index contributed by atoms with van der Waals surface area (Å²) in [6.07, 6.45) is 1.50. The maximum Gasteiger partial charge on any atom is 0.221 e. The van der Waals surface area contributed by atoms with E-state index in [9.17, 15) is 0 Å². The minimum atomic E-state index is 0.486. The molecule has 0 aliphatic rings. The molecule has 8 heavy (non-hydrogen) atoms. The van der Waals surface area contributed by atoms with Crippen molar-refractivity contribution in [3.8, 4) is 0 Å². The van der Waals surface area contributed by atoms with Crippen LogP contribution in [0.2, 0.25) is 0 Å². The number of rotatable bonds is 1. The fraction of sp³-hybridized carbons (Fsp3) is 0.200. The normalized spacial score (nSPS) is 10.4. The Labute approximate surface area is 48.8 Å². The molecule has 0 fully saturated rings. The minimum absolute atomic E-state index is 0.486. The Morgan fingerprint density at radius 3 is 2.50 bits per heavy atom. The Kier molecular flexibility index (Phi) is 3.48. The monoisotopic (exact) mass is 111 g/mol. The second-order valence-electron chi connectivity index (χ2n) is 1.05. The molecule has 0 atom stereocenters. The lowest BCUT2D eigenvalue weighted by Crippen LogP contribution is -2.12. The van der Waals surface area contributed by atoms with E-state index in [4.69, 9.17) is 0 Å². The predicted octanol–water partition coefficient (Wildman–Crippen LogP) is 0.406. The van der Waals surface area contributed by atoms with Crippen LogP contribution in [0, 0.1) is 0 Å². The Balaban J connectivity index is 3.71. The fourth-order valence-corrected chi connectivity index (χ4v) is 0.272. The van der Waals surface area contributed by atoms with E-state index >= 15 is 0 Å². The smallest absolute Gasteiger partial charge is 0.221 e. The molecule has 0 saturated carbocycles. The van der Waals surface area contributed by atoms with Gasteiger partial charge in [-0.3, -0.25) is 4.99 Å². The van der Waals surface area contributed by atoms with Gasteiger partial charge in [0.25, 0.3) is 0 Å². The van der Waals surface area contributed by atoms with Gasteiger partial charge < -0.3 is 5.32 Å². The number of aliphatic imine (C=N–C) groups is 2. The molecule has 0 spiro atoms. The van der Waals surface area contributed by atoms with Gasteiger partial charge in [-0.15, -0.1) is 0 Å². The van der Waals surface area contributed by atoms with Crippen LogP contribution < -0.4 is 5.32 Å². The Morgan fingerprint density at radius 1 is 1.75 bits per heavy atom. The zero-order chi connectivity index (χ0) is 6.41. The second kappa shape index (κ2) is 4.05. The van der Waals surface area contributed by atoms with Gasteiger partial charge >= 0.3 is 0 Å². The molecule has 0 heterocycles. The second-order valence-corrected chi connectivity index (χ2v) is 1.05. The van der Waals surface area contributed by atoms with Gasteiger partial charge in [0.2, 0.25) is 5.96 Å². The summed E-state index contributed by atoms with van der Waals surface area (Å²) in [5.74, 6) is 0.486. The first-order chi connectivity index (χ1) is 3.85. The van der Waals surface area contributed by atoms with Crippen molar-refractivity contribution < 1.29 is 0 Å². The first kappa shape index (κ1) is 6.88. The summed E-state index contributed by atoms with van der Waals surface area (Å²) in [6, 6.07) is 0. The van der Waals surface area contributed by atoms with Crippen molar-refractivity contribution in [3.05, 3.63) is 12.8 Å². The summed E-state index contributed by atoms with van der Waals surface area (Å²) < 4.78 is 0. The number of nitrogens with one attached hydrogen (secondary N) is 1. The zero-order valence-electron chi connectivity index (χ0n) is 4.89. The largest absolute Gasteiger partial charge is 0.332 e. The van der Waals surface area contributed by atoms with Crippen molar-refractivity contribution in [1.82, 2.24) is 5.32 Å². The number of hydrogen-bond donors (Lipinski definition) is 1. The van der Waals surface area contributed by atoms with E-state index in [1.807, 2.05) is 0 Å². The summed E-state index contributed by atoms with van der Waals surface area (Å²) >= 11 is 0. The number of hydrogen-bond acceptors (Lipinski definition) is 1. The molecule has 0 bridgehead atoms. The molecule has 3 heteroatoms. The van der Waals surface area contributed by atoms with Gasteiger partial charge in [0.15, 0.2) is 0 Å². The highest BCUT2D eigenvalue weighted by Crippen LogP contribution is 1.69. The maximum atomic E-state index is 3.70. The molecular weight excluding hydrogens is 102 g/mol. The third-order valence-corrected chi connectivity index (χ3v) is 0.593. The van der Waals surface area contributed by atoms with E-state index in [0.717, 1.165) is 0 Å². The van der Waals surface area contributed by atoms with Crippen LogP contribution in [0.25, 0.3) is 0 Å². The van der Waals surface area contributed by atoms with Crippen molar-refractivity contribution in [3.63, 3.8) is 0 Å². The third-order valence-electron chi connectivity index (χ3n) is 0.593. The molecule has 1 N–H and O–H groups in total. The summed E-state index contributed by atoms with van der Waals surface area (Å²) in [7, 11) is 1.63. The quantitative estimate of drug-likeness (QED) is 0.386. The highest BCUT2D eigenvalue weighted by Gasteiger charge is 1.80. The van der Waals surface area contributed by atoms with E-state index < -0.39 is 0 Å². The molecule has 44 valence electrons. The van der Waals surface area contributed by atoms with Crippen molar-refractivity contribution in [2.75, 3.05) is 7.05 Å². The van der Waals surface area contributed by atoms with E-state index in [-0.39, 0.29) is 0 Å². The molecule has 0 aromatic carbocycles. The van der Waals surface area contributed by atoms with Crippen molar-refractivity contribution in [2.45, 2.75) is 0 Å². The van der Waals surface area contributed by atoms with Gasteiger partial charge in [-0.05, 0) is 12.9 Å². The van der Waals surface area contributed by atoms with Crippen LogP contribution in [0.1, 0.15) is 0 Å². The van der Waals surface area contributed by atoms with Crippen molar-refractivity contribution in [1.29, 1.82) is 0 Å². The lowest BCUT2D eigenvalue weighted by Gasteiger charge is -1.92.